The highest BCUT2D eigenvalue weighted by Crippen LogP contribution is 2.43. The Kier molecular flexibility index (Phi) is 12.4. The average Bonchev–Trinajstić information content (AvgIpc) is 2.45. The summed E-state index contributed by atoms with van der Waals surface area (Å²) in [5, 5.41) is 17.6. The van der Waals surface area contributed by atoms with Gasteiger partial charge in [-0.15, -0.1) is 0 Å². The molecule has 0 fully saturated rings. The van der Waals surface area contributed by atoms with Gasteiger partial charge in [-0.05, 0) is 18.3 Å². The Balaban J connectivity index is 3.43. The number of hydrogen-bond donors (Lipinski definition) is 3. The second-order valence-corrected chi connectivity index (χ2v) is 8.67. The number of unbranched alkanes of at least 4 members (excludes halogenated alkanes) is 6. The van der Waals surface area contributed by atoms with Gasteiger partial charge in [0.25, 0.3) is 0 Å². The highest BCUT2D eigenvalue weighted by atomic mass is 31.2. The van der Waals surface area contributed by atoms with Crippen molar-refractivity contribution in [2.75, 3.05) is 19.8 Å². The predicted octanol–water partition coefficient (Wildman–Crippen LogP) is 3.64. The molecular formula is C16H35O6P. The molecule has 7 heteroatoms. The third kappa shape index (κ3) is 16.7. The minimum absolute atomic E-state index is 0.160. The number of phosphoric acid groups is 1. The van der Waals surface area contributed by atoms with Crippen molar-refractivity contribution in [2.45, 2.75) is 78.2 Å². The van der Waals surface area contributed by atoms with Crippen LogP contribution in [0.4, 0.5) is 0 Å². The van der Waals surface area contributed by atoms with Gasteiger partial charge in [0.1, 0.15) is 6.10 Å². The normalized spacial score (nSPS) is 16.3. The SMILES string of the molecule is CC(C)(C)CCCCCCCCCOP(=O)(O)OCC(O)CO. The molecule has 0 aromatic carbocycles. The van der Waals surface area contributed by atoms with Crippen LogP contribution >= 0.6 is 7.82 Å². The third-order valence-corrected chi connectivity index (χ3v) is 4.45. The molecular weight excluding hydrogens is 319 g/mol. The first-order chi connectivity index (χ1) is 10.7. The second kappa shape index (κ2) is 12.4. The number of hydrogen-bond acceptors (Lipinski definition) is 5. The Morgan fingerprint density at radius 2 is 1.48 bits per heavy atom. The van der Waals surface area contributed by atoms with Crippen LogP contribution in [0, 0.1) is 5.41 Å². The first-order valence-corrected chi connectivity index (χ1v) is 10.1. The van der Waals surface area contributed by atoms with Gasteiger partial charge in [-0.1, -0.05) is 59.3 Å². The number of aliphatic hydroxyl groups excluding tert-OH is 2. The van der Waals surface area contributed by atoms with Crippen LogP contribution < -0.4 is 0 Å². The van der Waals surface area contributed by atoms with Crippen molar-refractivity contribution in [1.82, 2.24) is 0 Å². The molecule has 0 heterocycles. The van der Waals surface area contributed by atoms with E-state index in [1.165, 1.54) is 32.1 Å². The molecule has 0 rings (SSSR count). The molecule has 0 aliphatic carbocycles. The van der Waals surface area contributed by atoms with E-state index in [0.29, 0.717) is 11.8 Å². The summed E-state index contributed by atoms with van der Waals surface area (Å²) in [6.45, 7) is 6.02. The van der Waals surface area contributed by atoms with Crippen LogP contribution in [0.25, 0.3) is 0 Å². The van der Waals surface area contributed by atoms with E-state index in [9.17, 15) is 9.46 Å². The summed E-state index contributed by atoms with van der Waals surface area (Å²) < 4.78 is 20.8. The van der Waals surface area contributed by atoms with Gasteiger partial charge in [-0.2, -0.15) is 0 Å². The second-order valence-electron chi connectivity index (χ2n) is 7.22. The molecule has 0 aliphatic rings. The largest absolute Gasteiger partial charge is 0.472 e. The summed E-state index contributed by atoms with van der Waals surface area (Å²) in [5.41, 5.74) is 0.421. The molecule has 0 amide bonds. The lowest BCUT2D eigenvalue weighted by molar-refractivity contribution is 0.0361. The van der Waals surface area contributed by atoms with Crippen molar-refractivity contribution >= 4 is 7.82 Å². The average molecular weight is 354 g/mol. The number of rotatable bonds is 14. The molecule has 0 saturated heterocycles. The van der Waals surface area contributed by atoms with Crippen LogP contribution in [0.2, 0.25) is 0 Å². The minimum Gasteiger partial charge on any atom is -0.394 e. The molecule has 0 saturated carbocycles. The molecule has 0 bridgehead atoms. The fourth-order valence-corrected chi connectivity index (χ4v) is 2.89. The summed E-state index contributed by atoms with van der Waals surface area (Å²) >= 11 is 0. The van der Waals surface area contributed by atoms with Gasteiger partial charge < -0.3 is 15.1 Å². The molecule has 0 aliphatic heterocycles. The van der Waals surface area contributed by atoms with E-state index in [4.69, 9.17) is 14.7 Å². The molecule has 23 heavy (non-hydrogen) atoms. The van der Waals surface area contributed by atoms with Gasteiger partial charge in [0.05, 0.1) is 19.8 Å². The van der Waals surface area contributed by atoms with E-state index >= 15 is 0 Å². The quantitative estimate of drug-likeness (QED) is 0.325. The summed E-state index contributed by atoms with van der Waals surface area (Å²) in [4.78, 5) is 9.34. The summed E-state index contributed by atoms with van der Waals surface area (Å²) in [6, 6.07) is 0. The van der Waals surface area contributed by atoms with E-state index in [-0.39, 0.29) is 6.61 Å². The van der Waals surface area contributed by atoms with Gasteiger partial charge in [-0.3, -0.25) is 9.05 Å². The lowest BCUT2D eigenvalue weighted by atomic mass is 9.89. The van der Waals surface area contributed by atoms with Crippen LogP contribution in [0.3, 0.4) is 0 Å². The van der Waals surface area contributed by atoms with Crippen molar-refractivity contribution < 1.29 is 28.7 Å². The minimum atomic E-state index is -4.12. The Bertz CT molecular complexity index is 329. The van der Waals surface area contributed by atoms with E-state index < -0.39 is 27.1 Å². The molecule has 0 spiro atoms. The lowest BCUT2D eigenvalue weighted by Gasteiger charge is -2.17. The van der Waals surface area contributed by atoms with Crippen molar-refractivity contribution in [3.05, 3.63) is 0 Å². The maximum atomic E-state index is 11.4. The molecule has 0 aromatic heterocycles. The zero-order chi connectivity index (χ0) is 17.8. The highest BCUT2D eigenvalue weighted by Gasteiger charge is 2.22. The van der Waals surface area contributed by atoms with Crippen molar-refractivity contribution in [3.63, 3.8) is 0 Å². The van der Waals surface area contributed by atoms with Crippen molar-refractivity contribution in [1.29, 1.82) is 0 Å². The highest BCUT2D eigenvalue weighted by molar-refractivity contribution is 7.47. The summed E-state index contributed by atoms with van der Waals surface area (Å²) in [5.74, 6) is 0. The van der Waals surface area contributed by atoms with Gasteiger partial charge in [0, 0.05) is 0 Å². The first kappa shape index (κ1) is 23.0. The Morgan fingerprint density at radius 3 is 2.00 bits per heavy atom. The van der Waals surface area contributed by atoms with Gasteiger partial charge in [0.2, 0.25) is 0 Å². The molecule has 2 atom stereocenters. The van der Waals surface area contributed by atoms with Crippen LogP contribution in [0.5, 0.6) is 0 Å². The maximum Gasteiger partial charge on any atom is 0.472 e. The fourth-order valence-electron chi connectivity index (χ4n) is 2.09. The van der Waals surface area contributed by atoms with Gasteiger partial charge in [-0.25, -0.2) is 4.57 Å². The van der Waals surface area contributed by atoms with E-state index in [2.05, 4.69) is 25.3 Å². The zero-order valence-electron chi connectivity index (χ0n) is 14.9. The Morgan fingerprint density at radius 1 is 0.957 bits per heavy atom. The molecule has 2 unspecified atom stereocenters. The topological polar surface area (TPSA) is 96.2 Å². The molecule has 6 nitrogen and oxygen atoms in total. The van der Waals surface area contributed by atoms with Crippen LogP contribution in [-0.4, -0.2) is 41.0 Å². The van der Waals surface area contributed by atoms with Crippen LogP contribution in [-0.2, 0) is 13.6 Å². The van der Waals surface area contributed by atoms with E-state index in [1.54, 1.807) is 0 Å². The van der Waals surface area contributed by atoms with Crippen molar-refractivity contribution in [2.24, 2.45) is 5.41 Å². The monoisotopic (exact) mass is 354 g/mol. The van der Waals surface area contributed by atoms with Crippen molar-refractivity contribution in [3.8, 4) is 0 Å². The lowest BCUT2D eigenvalue weighted by Crippen LogP contribution is -2.18. The summed E-state index contributed by atoms with van der Waals surface area (Å²) in [6.07, 6.45) is 7.81. The smallest absolute Gasteiger partial charge is 0.394 e. The third-order valence-electron chi connectivity index (χ3n) is 3.47. The zero-order valence-corrected chi connectivity index (χ0v) is 15.8. The Hall–Kier alpha value is 0.0300. The van der Waals surface area contributed by atoms with E-state index in [1.807, 2.05) is 0 Å². The van der Waals surface area contributed by atoms with Crippen LogP contribution in [0.15, 0.2) is 0 Å². The fraction of sp³-hybridized carbons (Fsp3) is 1.00. The molecule has 0 radical (unpaired) electrons. The van der Waals surface area contributed by atoms with E-state index in [0.717, 1.165) is 12.8 Å². The molecule has 0 aromatic rings. The molecule has 3 N–H and O–H groups in total. The first-order valence-electron chi connectivity index (χ1n) is 8.57. The Labute approximate surface area is 140 Å². The molecule has 140 valence electrons. The van der Waals surface area contributed by atoms with Gasteiger partial charge >= 0.3 is 7.82 Å². The number of phosphoric ester groups is 1. The standard InChI is InChI=1S/C16H35O6P/c1-16(2,3)11-9-7-5-4-6-8-10-12-21-23(19,20)22-14-15(18)13-17/h15,17-18H,4-14H2,1-3H3,(H,19,20). The maximum absolute atomic E-state index is 11.4. The summed E-state index contributed by atoms with van der Waals surface area (Å²) in [7, 11) is -4.12. The number of aliphatic hydroxyl groups is 2. The predicted molar refractivity (Wildman–Crippen MR) is 91.2 cm³/mol. The van der Waals surface area contributed by atoms with Crippen LogP contribution in [0.1, 0.15) is 72.1 Å². The van der Waals surface area contributed by atoms with Gasteiger partial charge in [0.15, 0.2) is 0 Å².